The van der Waals surface area contributed by atoms with Crippen LogP contribution in [0.3, 0.4) is 0 Å². The molecule has 1 atom stereocenters. The molecule has 0 aliphatic carbocycles. The molecule has 1 unspecified atom stereocenters. The summed E-state index contributed by atoms with van der Waals surface area (Å²) in [6, 6.07) is 0. The van der Waals surface area contributed by atoms with Crippen LogP contribution < -0.4 is 0 Å². The molecule has 78 heavy (non-hydrogen) atoms. The summed E-state index contributed by atoms with van der Waals surface area (Å²) in [5, 5.41) is 0. The topological polar surface area (TPSA) is 78.9 Å². The van der Waals surface area contributed by atoms with Gasteiger partial charge < -0.3 is 14.2 Å². The first-order chi connectivity index (χ1) is 38.5. The number of unbranched alkanes of at least 4 members (excludes halogenated alkanes) is 42. The molecule has 0 aliphatic rings. The van der Waals surface area contributed by atoms with Crippen LogP contribution in [-0.2, 0) is 28.6 Å². The van der Waals surface area contributed by atoms with Gasteiger partial charge in [-0.3, -0.25) is 14.4 Å². The summed E-state index contributed by atoms with van der Waals surface area (Å²) in [4.78, 5) is 38.2. The van der Waals surface area contributed by atoms with Crippen molar-refractivity contribution in [2.75, 3.05) is 13.2 Å². The highest BCUT2D eigenvalue weighted by Crippen LogP contribution is 2.18. The minimum atomic E-state index is -0.782. The smallest absolute Gasteiger partial charge is 0.306 e. The van der Waals surface area contributed by atoms with Gasteiger partial charge in [0, 0.05) is 19.3 Å². The molecule has 0 aromatic rings. The normalized spacial score (nSPS) is 12.4. The number of esters is 3. The molecule has 0 spiro atoms. The van der Waals surface area contributed by atoms with Crippen molar-refractivity contribution >= 4 is 17.9 Å². The molecule has 0 amide bonds. The van der Waals surface area contributed by atoms with E-state index in [-0.39, 0.29) is 31.1 Å². The van der Waals surface area contributed by atoms with Crippen molar-refractivity contribution < 1.29 is 28.6 Å². The molecule has 0 bridgehead atoms. The van der Waals surface area contributed by atoms with E-state index in [1.807, 2.05) is 0 Å². The van der Waals surface area contributed by atoms with E-state index in [1.54, 1.807) is 0 Å². The first kappa shape index (κ1) is 75.1. The molecule has 6 nitrogen and oxygen atoms in total. The van der Waals surface area contributed by atoms with E-state index >= 15 is 0 Å². The second-order valence-electron chi connectivity index (χ2n) is 23.1. The van der Waals surface area contributed by atoms with Crippen LogP contribution in [0.2, 0.25) is 0 Å². The number of carbonyl (C=O) groups excluding carboxylic acids is 3. The van der Waals surface area contributed by atoms with Crippen LogP contribution >= 0.6 is 0 Å². The minimum absolute atomic E-state index is 0.0780. The van der Waals surface area contributed by atoms with E-state index in [2.05, 4.69) is 81.5 Å². The molecule has 0 fully saturated rings. The molecule has 454 valence electrons. The van der Waals surface area contributed by atoms with Gasteiger partial charge in [0.2, 0.25) is 0 Å². The number of hydrogen-bond donors (Lipinski definition) is 0. The van der Waals surface area contributed by atoms with E-state index in [0.29, 0.717) is 19.3 Å². The number of hydrogen-bond acceptors (Lipinski definition) is 6. The maximum atomic E-state index is 12.9. The quantitative estimate of drug-likeness (QED) is 0.0261. The van der Waals surface area contributed by atoms with Crippen LogP contribution in [0, 0.1) is 0 Å². The molecule has 6 heteroatoms. The standard InChI is InChI=1S/C72H130O6/c1-4-7-10-13-16-19-22-24-26-28-29-30-31-32-33-34-35-36-37-38-39-40-41-42-43-45-46-48-50-53-56-59-62-65-71(74)77-68-69(67-76-70(73)64-61-58-55-52-21-18-15-12-9-6-3)78-72(75)66-63-60-57-54-51-49-47-44-27-25-23-20-17-14-11-8-5-2/h8,11-12,15,17,20,25,27-29,69H,4-7,9-10,13-14,16,18-19,21-24,26,30-68H2,1-3H3/b11-8-,15-12-,20-17-,27-25-,29-28-. The highest BCUT2D eigenvalue weighted by molar-refractivity contribution is 5.71. The Morgan fingerprint density at radius 1 is 0.269 bits per heavy atom. The van der Waals surface area contributed by atoms with Crippen molar-refractivity contribution in [3.8, 4) is 0 Å². The van der Waals surface area contributed by atoms with E-state index in [0.717, 1.165) is 96.3 Å². The van der Waals surface area contributed by atoms with Gasteiger partial charge in [0.05, 0.1) is 0 Å². The van der Waals surface area contributed by atoms with Gasteiger partial charge in [-0.15, -0.1) is 0 Å². The average Bonchev–Trinajstić information content (AvgIpc) is 3.44. The maximum Gasteiger partial charge on any atom is 0.306 e. The second kappa shape index (κ2) is 66.6. The fourth-order valence-corrected chi connectivity index (χ4v) is 10.1. The van der Waals surface area contributed by atoms with E-state index in [1.165, 1.54) is 225 Å². The lowest BCUT2D eigenvalue weighted by Gasteiger charge is -2.18. The van der Waals surface area contributed by atoms with Crippen LogP contribution in [0.4, 0.5) is 0 Å². The van der Waals surface area contributed by atoms with Gasteiger partial charge in [0.15, 0.2) is 6.10 Å². The van der Waals surface area contributed by atoms with Crippen LogP contribution in [0.25, 0.3) is 0 Å². The number of allylic oxidation sites excluding steroid dienone is 10. The van der Waals surface area contributed by atoms with Gasteiger partial charge in [-0.2, -0.15) is 0 Å². The zero-order valence-electron chi connectivity index (χ0n) is 52.2. The third-order valence-corrected chi connectivity index (χ3v) is 15.2. The zero-order valence-corrected chi connectivity index (χ0v) is 52.2. The van der Waals surface area contributed by atoms with Gasteiger partial charge in [-0.25, -0.2) is 0 Å². The third-order valence-electron chi connectivity index (χ3n) is 15.2. The monoisotopic (exact) mass is 1090 g/mol. The van der Waals surface area contributed by atoms with E-state index in [4.69, 9.17) is 14.2 Å². The van der Waals surface area contributed by atoms with Gasteiger partial charge in [-0.05, 0) is 96.3 Å². The third kappa shape index (κ3) is 63.9. The Bertz CT molecular complexity index is 1390. The SMILES string of the molecule is CC/C=C\C/C=C\C/C=C\CCCCCCCCCC(=O)OC(COC(=O)CCCCCCC/C=C\CCC)COC(=O)CCCCCCCCCCCCCCCCCCCCCCC/C=C\CCCCCCCCCC. The number of ether oxygens (including phenoxy) is 3. The molecule has 0 saturated heterocycles. The van der Waals surface area contributed by atoms with Crippen molar-refractivity contribution in [1.82, 2.24) is 0 Å². The molecule has 0 radical (unpaired) electrons. The van der Waals surface area contributed by atoms with Gasteiger partial charge in [0.25, 0.3) is 0 Å². The Hall–Kier alpha value is -2.89. The average molecular weight is 1090 g/mol. The van der Waals surface area contributed by atoms with Crippen molar-refractivity contribution in [3.63, 3.8) is 0 Å². The molecule has 0 rings (SSSR count). The fourth-order valence-electron chi connectivity index (χ4n) is 10.1. The van der Waals surface area contributed by atoms with Crippen molar-refractivity contribution in [2.45, 2.75) is 367 Å². The van der Waals surface area contributed by atoms with Gasteiger partial charge in [0.1, 0.15) is 13.2 Å². The molecule has 0 aliphatic heterocycles. The van der Waals surface area contributed by atoms with Crippen LogP contribution in [0.1, 0.15) is 361 Å². The zero-order chi connectivity index (χ0) is 56.4. The summed E-state index contributed by atoms with van der Waals surface area (Å²) < 4.78 is 16.9. The first-order valence-electron chi connectivity index (χ1n) is 34.3. The predicted octanol–water partition coefficient (Wildman–Crippen LogP) is 23.5. The predicted molar refractivity (Wildman–Crippen MR) is 339 cm³/mol. The Morgan fingerprint density at radius 2 is 0.526 bits per heavy atom. The van der Waals surface area contributed by atoms with Crippen LogP contribution in [0.5, 0.6) is 0 Å². The molecule has 0 N–H and O–H groups in total. The van der Waals surface area contributed by atoms with Crippen molar-refractivity contribution in [3.05, 3.63) is 60.8 Å². The summed E-state index contributed by atoms with van der Waals surface area (Å²) in [5.74, 6) is -0.882. The molecule has 0 saturated carbocycles. The first-order valence-corrected chi connectivity index (χ1v) is 34.3. The Balaban J connectivity index is 4.06. The largest absolute Gasteiger partial charge is 0.462 e. The van der Waals surface area contributed by atoms with Gasteiger partial charge in [-0.1, -0.05) is 306 Å². The maximum absolute atomic E-state index is 12.9. The number of carbonyl (C=O) groups is 3. The lowest BCUT2D eigenvalue weighted by atomic mass is 10.0. The highest BCUT2D eigenvalue weighted by Gasteiger charge is 2.19. The Kier molecular flexibility index (Phi) is 64.2. The van der Waals surface area contributed by atoms with E-state index in [9.17, 15) is 14.4 Å². The van der Waals surface area contributed by atoms with Crippen LogP contribution in [0.15, 0.2) is 60.8 Å². The lowest BCUT2D eigenvalue weighted by Crippen LogP contribution is -2.30. The second-order valence-corrected chi connectivity index (χ2v) is 23.1. The van der Waals surface area contributed by atoms with Crippen LogP contribution in [-0.4, -0.2) is 37.2 Å². The number of rotatable bonds is 63. The molecule has 0 aromatic heterocycles. The Labute approximate surface area is 485 Å². The Morgan fingerprint density at radius 3 is 0.846 bits per heavy atom. The molecule has 0 heterocycles. The summed E-state index contributed by atoms with van der Waals surface area (Å²) in [6.45, 7) is 6.50. The van der Waals surface area contributed by atoms with Crippen molar-refractivity contribution in [2.24, 2.45) is 0 Å². The lowest BCUT2D eigenvalue weighted by molar-refractivity contribution is -0.167. The van der Waals surface area contributed by atoms with Gasteiger partial charge >= 0.3 is 17.9 Å². The van der Waals surface area contributed by atoms with Crippen molar-refractivity contribution in [1.29, 1.82) is 0 Å². The summed E-state index contributed by atoms with van der Waals surface area (Å²) in [5.41, 5.74) is 0. The van der Waals surface area contributed by atoms with E-state index < -0.39 is 6.10 Å². The summed E-state index contributed by atoms with van der Waals surface area (Å²) in [7, 11) is 0. The summed E-state index contributed by atoms with van der Waals surface area (Å²) >= 11 is 0. The molecular formula is C72H130O6. The highest BCUT2D eigenvalue weighted by atomic mass is 16.6. The minimum Gasteiger partial charge on any atom is -0.462 e. The fraction of sp³-hybridized carbons (Fsp3) is 0.819. The summed E-state index contributed by atoms with van der Waals surface area (Å²) in [6.07, 6.45) is 85.6. The molecule has 0 aromatic carbocycles. The molecular weight excluding hydrogens is 961 g/mol.